The first-order chi connectivity index (χ1) is 12.3. The molecular formula is C20H23ClN2O3. The number of carbonyl (C=O) groups is 2. The Balaban J connectivity index is 1.95. The maximum absolute atomic E-state index is 12.3. The monoisotopic (exact) mass is 374 g/mol. The summed E-state index contributed by atoms with van der Waals surface area (Å²) in [6, 6.07) is 12.2. The molecule has 0 spiro atoms. The molecule has 138 valence electrons. The van der Waals surface area contributed by atoms with Gasteiger partial charge in [-0.1, -0.05) is 25.4 Å². The third-order valence-electron chi connectivity index (χ3n) is 3.75. The molecule has 2 N–H and O–H groups in total. The van der Waals surface area contributed by atoms with Crippen LogP contribution in [0.1, 0.15) is 26.3 Å². The van der Waals surface area contributed by atoms with E-state index in [0.717, 1.165) is 5.56 Å². The molecule has 2 amide bonds. The highest BCUT2D eigenvalue weighted by Crippen LogP contribution is 2.23. The quantitative estimate of drug-likeness (QED) is 0.773. The van der Waals surface area contributed by atoms with E-state index < -0.39 is 6.10 Å². The van der Waals surface area contributed by atoms with Gasteiger partial charge in [0.25, 0.3) is 5.91 Å². The van der Waals surface area contributed by atoms with Crippen molar-refractivity contribution in [3.8, 4) is 5.75 Å². The first-order valence-corrected chi connectivity index (χ1v) is 8.78. The minimum absolute atomic E-state index is 0.0536. The lowest BCUT2D eigenvalue weighted by Gasteiger charge is -2.16. The maximum Gasteiger partial charge on any atom is 0.265 e. The van der Waals surface area contributed by atoms with Gasteiger partial charge in [0, 0.05) is 22.3 Å². The van der Waals surface area contributed by atoms with Gasteiger partial charge in [0.2, 0.25) is 5.91 Å². The number of anilines is 2. The molecule has 0 aliphatic carbocycles. The topological polar surface area (TPSA) is 67.4 Å². The lowest BCUT2D eigenvalue weighted by Crippen LogP contribution is -2.30. The van der Waals surface area contributed by atoms with Crippen molar-refractivity contribution >= 4 is 34.8 Å². The van der Waals surface area contributed by atoms with Crippen molar-refractivity contribution in [2.75, 3.05) is 10.6 Å². The molecule has 0 radical (unpaired) electrons. The number of benzene rings is 2. The summed E-state index contributed by atoms with van der Waals surface area (Å²) in [5.41, 5.74) is 2.17. The fourth-order valence-corrected chi connectivity index (χ4v) is 2.38. The van der Waals surface area contributed by atoms with Crippen LogP contribution in [-0.4, -0.2) is 17.9 Å². The summed E-state index contributed by atoms with van der Waals surface area (Å²) in [5.74, 6) is 0.202. The molecule has 2 aromatic rings. The van der Waals surface area contributed by atoms with Crippen LogP contribution in [0.5, 0.6) is 5.75 Å². The average Bonchev–Trinajstić information content (AvgIpc) is 2.58. The molecule has 2 rings (SSSR count). The van der Waals surface area contributed by atoms with E-state index in [9.17, 15) is 9.59 Å². The van der Waals surface area contributed by atoms with Crippen LogP contribution in [-0.2, 0) is 9.59 Å². The minimum Gasteiger partial charge on any atom is -0.481 e. The lowest BCUT2D eigenvalue weighted by atomic mass is 10.2. The zero-order valence-corrected chi connectivity index (χ0v) is 16.1. The van der Waals surface area contributed by atoms with Gasteiger partial charge in [-0.15, -0.1) is 0 Å². The first-order valence-electron chi connectivity index (χ1n) is 8.41. The Bertz CT molecular complexity index is 788. The number of halogens is 1. The number of rotatable bonds is 6. The Morgan fingerprint density at radius 3 is 1.96 bits per heavy atom. The number of hydrogen-bond donors (Lipinski definition) is 2. The lowest BCUT2D eigenvalue weighted by molar-refractivity contribution is -0.122. The van der Waals surface area contributed by atoms with Crippen LogP contribution in [0.25, 0.3) is 0 Å². The molecule has 5 nitrogen and oxygen atoms in total. The van der Waals surface area contributed by atoms with Crippen LogP contribution in [0.15, 0.2) is 42.5 Å². The van der Waals surface area contributed by atoms with Gasteiger partial charge in [0.05, 0.1) is 0 Å². The zero-order chi connectivity index (χ0) is 19.3. The molecule has 0 fully saturated rings. The fraction of sp³-hybridized carbons (Fsp3) is 0.300. The molecule has 0 aromatic heterocycles. The van der Waals surface area contributed by atoms with Crippen LogP contribution in [0.2, 0.25) is 5.02 Å². The number of aryl methyl sites for hydroxylation is 1. The van der Waals surface area contributed by atoms with E-state index in [4.69, 9.17) is 16.3 Å². The van der Waals surface area contributed by atoms with Crippen molar-refractivity contribution in [2.24, 2.45) is 5.92 Å². The largest absolute Gasteiger partial charge is 0.481 e. The fourth-order valence-electron chi connectivity index (χ4n) is 2.16. The molecule has 0 saturated carbocycles. The van der Waals surface area contributed by atoms with Gasteiger partial charge < -0.3 is 15.4 Å². The standard InChI is InChI=1S/C20H23ClN2O3/c1-12(2)19(24)22-16-6-8-17(9-7-16)23-20(25)14(4)26-18-10-5-15(21)11-13(18)3/h5-12,14H,1-4H3,(H,22,24)(H,23,25). The molecule has 0 bridgehead atoms. The van der Waals surface area contributed by atoms with Crippen LogP contribution in [0.3, 0.4) is 0 Å². The molecule has 26 heavy (non-hydrogen) atoms. The predicted molar refractivity (Wildman–Crippen MR) is 105 cm³/mol. The Labute approximate surface area is 158 Å². The van der Waals surface area contributed by atoms with Crippen molar-refractivity contribution in [3.05, 3.63) is 53.1 Å². The third-order valence-corrected chi connectivity index (χ3v) is 3.99. The zero-order valence-electron chi connectivity index (χ0n) is 15.3. The number of hydrogen-bond acceptors (Lipinski definition) is 3. The predicted octanol–water partition coefficient (Wildman–Crippen LogP) is 4.65. The van der Waals surface area contributed by atoms with Crippen LogP contribution in [0.4, 0.5) is 11.4 Å². The van der Waals surface area contributed by atoms with Crippen molar-refractivity contribution < 1.29 is 14.3 Å². The van der Waals surface area contributed by atoms with Gasteiger partial charge in [0.1, 0.15) is 5.75 Å². The Kier molecular flexibility index (Phi) is 6.64. The van der Waals surface area contributed by atoms with Crippen LogP contribution >= 0.6 is 11.6 Å². The molecule has 0 aliphatic rings. The van der Waals surface area contributed by atoms with Gasteiger partial charge in [-0.2, -0.15) is 0 Å². The van der Waals surface area contributed by atoms with Gasteiger partial charge >= 0.3 is 0 Å². The van der Waals surface area contributed by atoms with Gasteiger partial charge in [0.15, 0.2) is 6.10 Å². The molecule has 1 atom stereocenters. The number of amides is 2. The van der Waals surface area contributed by atoms with E-state index in [-0.39, 0.29) is 17.7 Å². The van der Waals surface area contributed by atoms with E-state index in [1.807, 2.05) is 20.8 Å². The second-order valence-corrected chi connectivity index (χ2v) is 6.82. The smallest absolute Gasteiger partial charge is 0.265 e. The summed E-state index contributed by atoms with van der Waals surface area (Å²) < 4.78 is 5.71. The molecule has 0 aliphatic heterocycles. The van der Waals surface area contributed by atoms with Crippen molar-refractivity contribution in [3.63, 3.8) is 0 Å². The van der Waals surface area contributed by atoms with Crippen molar-refractivity contribution in [2.45, 2.75) is 33.8 Å². The van der Waals surface area contributed by atoms with Crippen LogP contribution in [0, 0.1) is 12.8 Å². The summed E-state index contributed by atoms with van der Waals surface area (Å²) in [7, 11) is 0. The first kappa shape index (κ1) is 19.8. The molecule has 2 aromatic carbocycles. The molecule has 6 heteroatoms. The van der Waals surface area contributed by atoms with E-state index in [1.54, 1.807) is 49.4 Å². The summed E-state index contributed by atoms with van der Waals surface area (Å²) in [6.07, 6.45) is -0.671. The normalized spacial score (nSPS) is 11.8. The summed E-state index contributed by atoms with van der Waals surface area (Å²) in [5, 5.41) is 6.22. The SMILES string of the molecule is Cc1cc(Cl)ccc1OC(C)C(=O)Nc1ccc(NC(=O)C(C)C)cc1. The Morgan fingerprint density at radius 1 is 0.923 bits per heavy atom. The third kappa shape index (κ3) is 5.49. The molecule has 0 heterocycles. The van der Waals surface area contributed by atoms with Crippen molar-refractivity contribution in [1.82, 2.24) is 0 Å². The van der Waals surface area contributed by atoms with Gasteiger partial charge in [-0.25, -0.2) is 0 Å². The van der Waals surface area contributed by atoms with E-state index in [0.29, 0.717) is 22.1 Å². The van der Waals surface area contributed by atoms with E-state index >= 15 is 0 Å². The van der Waals surface area contributed by atoms with Crippen molar-refractivity contribution in [1.29, 1.82) is 0 Å². The molecule has 1 unspecified atom stereocenters. The highest BCUT2D eigenvalue weighted by atomic mass is 35.5. The van der Waals surface area contributed by atoms with E-state index in [1.165, 1.54) is 0 Å². The number of ether oxygens (including phenoxy) is 1. The average molecular weight is 375 g/mol. The molecule has 0 saturated heterocycles. The van der Waals surface area contributed by atoms with E-state index in [2.05, 4.69) is 10.6 Å². The summed E-state index contributed by atoms with van der Waals surface area (Å²) >= 11 is 5.92. The van der Waals surface area contributed by atoms with Gasteiger partial charge in [-0.05, 0) is 61.9 Å². The van der Waals surface area contributed by atoms with Gasteiger partial charge in [-0.3, -0.25) is 9.59 Å². The summed E-state index contributed by atoms with van der Waals surface area (Å²) in [6.45, 7) is 7.21. The Morgan fingerprint density at radius 2 is 1.46 bits per heavy atom. The van der Waals surface area contributed by atoms with Crippen LogP contribution < -0.4 is 15.4 Å². The summed E-state index contributed by atoms with van der Waals surface area (Å²) in [4.78, 5) is 24.0. The highest BCUT2D eigenvalue weighted by Gasteiger charge is 2.16. The second kappa shape index (κ2) is 8.72. The minimum atomic E-state index is -0.671. The maximum atomic E-state index is 12.3. The number of nitrogens with one attached hydrogen (secondary N) is 2. The number of carbonyl (C=O) groups excluding carboxylic acids is 2. The molecular weight excluding hydrogens is 352 g/mol. The Hall–Kier alpha value is -2.53. The highest BCUT2D eigenvalue weighted by molar-refractivity contribution is 6.30. The second-order valence-electron chi connectivity index (χ2n) is 6.38.